The molecule has 0 bridgehead atoms. The van der Waals surface area contributed by atoms with Crippen LogP contribution in [0.25, 0.3) is 0 Å². The van der Waals surface area contributed by atoms with Crippen molar-refractivity contribution >= 4 is 11.6 Å². The SMILES string of the molecule is CNC(CCCc1c(F)cccc1Cl)c1ccccc1. The maximum atomic E-state index is 13.7. The molecule has 1 atom stereocenters. The summed E-state index contributed by atoms with van der Waals surface area (Å²) in [4.78, 5) is 0. The standard InChI is InChI=1S/C17H19ClFN/c1-20-17(13-7-3-2-4-8-13)12-5-9-14-15(18)10-6-11-16(14)19/h2-4,6-8,10-11,17,20H,5,9,12H2,1H3. The van der Waals surface area contributed by atoms with Crippen molar-refractivity contribution in [3.8, 4) is 0 Å². The Bertz CT molecular complexity index is 522. The molecule has 0 aromatic heterocycles. The van der Waals surface area contributed by atoms with Crippen molar-refractivity contribution in [2.75, 3.05) is 7.05 Å². The molecule has 0 radical (unpaired) electrons. The van der Waals surface area contributed by atoms with Gasteiger partial charge in [-0.25, -0.2) is 4.39 Å². The zero-order chi connectivity index (χ0) is 14.4. The van der Waals surface area contributed by atoms with Gasteiger partial charge in [0, 0.05) is 16.6 Å². The molecule has 0 aliphatic heterocycles. The second kappa shape index (κ2) is 7.41. The Balaban J connectivity index is 1.95. The summed E-state index contributed by atoms with van der Waals surface area (Å²) >= 11 is 6.04. The first-order valence-electron chi connectivity index (χ1n) is 6.87. The van der Waals surface area contributed by atoms with Gasteiger partial charge in [-0.15, -0.1) is 0 Å². The van der Waals surface area contributed by atoms with Crippen molar-refractivity contribution in [2.45, 2.75) is 25.3 Å². The van der Waals surface area contributed by atoms with Crippen LogP contribution in [0, 0.1) is 5.82 Å². The molecule has 0 aliphatic rings. The van der Waals surface area contributed by atoms with Gasteiger partial charge in [0.15, 0.2) is 0 Å². The molecule has 20 heavy (non-hydrogen) atoms. The molecule has 0 aliphatic carbocycles. The Kier molecular flexibility index (Phi) is 5.57. The van der Waals surface area contributed by atoms with Crippen LogP contribution in [0.15, 0.2) is 48.5 Å². The first-order chi connectivity index (χ1) is 9.72. The fraction of sp³-hybridized carbons (Fsp3) is 0.294. The van der Waals surface area contributed by atoms with Crippen LogP contribution in [0.5, 0.6) is 0 Å². The summed E-state index contributed by atoms with van der Waals surface area (Å²) < 4.78 is 13.7. The van der Waals surface area contributed by atoms with E-state index in [1.807, 2.05) is 25.2 Å². The minimum Gasteiger partial charge on any atom is -0.313 e. The summed E-state index contributed by atoms with van der Waals surface area (Å²) in [6.45, 7) is 0. The predicted molar refractivity (Wildman–Crippen MR) is 82.6 cm³/mol. The van der Waals surface area contributed by atoms with Crippen LogP contribution in [0.2, 0.25) is 5.02 Å². The summed E-state index contributed by atoms with van der Waals surface area (Å²) in [5.74, 6) is -0.210. The summed E-state index contributed by atoms with van der Waals surface area (Å²) in [5, 5.41) is 3.83. The molecule has 0 saturated carbocycles. The van der Waals surface area contributed by atoms with Crippen LogP contribution < -0.4 is 5.32 Å². The van der Waals surface area contributed by atoms with Gasteiger partial charge in [-0.05, 0) is 44.0 Å². The highest BCUT2D eigenvalue weighted by atomic mass is 35.5. The molecule has 2 rings (SSSR count). The Morgan fingerprint density at radius 2 is 1.85 bits per heavy atom. The zero-order valence-corrected chi connectivity index (χ0v) is 12.3. The molecule has 106 valence electrons. The van der Waals surface area contributed by atoms with Crippen LogP contribution in [-0.2, 0) is 6.42 Å². The Morgan fingerprint density at radius 1 is 1.10 bits per heavy atom. The molecule has 0 heterocycles. The number of rotatable bonds is 6. The van der Waals surface area contributed by atoms with Crippen molar-refractivity contribution in [3.63, 3.8) is 0 Å². The van der Waals surface area contributed by atoms with Gasteiger partial charge >= 0.3 is 0 Å². The molecule has 1 nitrogen and oxygen atoms in total. The fourth-order valence-electron chi connectivity index (χ4n) is 2.42. The lowest BCUT2D eigenvalue weighted by molar-refractivity contribution is 0.520. The molecule has 0 amide bonds. The quantitative estimate of drug-likeness (QED) is 0.809. The van der Waals surface area contributed by atoms with Gasteiger partial charge in [0.25, 0.3) is 0 Å². The van der Waals surface area contributed by atoms with Crippen molar-refractivity contribution in [1.29, 1.82) is 0 Å². The second-order valence-electron chi connectivity index (χ2n) is 4.84. The van der Waals surface area contributed by atoms with Crippen molar-refractivity contribution in [1.82, 2.24) is 5.32 Å². The minimum atomic E-state index is -0.210. The average Bonchev–Trinajstić information content (AvgIpc) is 2.47. The third-order valence-corrected chi connectivity index (χ3v) is 3.89. The molecule has 0 saturated heterocycles. The van der Waals surface area contributed by atoms with Crippen LogP contribution in [0.1, 0.15) is 30.0 Å². The van der Waals surface area contributed by atoms with Gasteiger partial charge in [-0.3, -0.25) is 0 Å². The van der Waals surface area contributed by atoms with E-state index < -0.39 is 0 Å². The highest BCUT2D eigenvalue weighted by Gasteiger charge is 2.11. The minimum absolute atomic E-state index is 0.210. The molecule has 1 unspecified atom stereocenters. The Hall–Kier alpha value is -1.38. The fourth-order valence-corrected chi connectivity index (χ4v) is 2.67. The zero-order valence-electron chi connectivity index (χ0n) is 11.6. The van der Waals surface area contributed by atoms with Gasteiger partial charge in [-0.2, -0.15) is 0 Å². The molecular formula is C17H19ClFN. The van der Waals surface area contributed by atoms with Gasteiger partial charge in [0.1, 0.15) is 5.82 Å². The number of hydrogen-bond acceptors (Lipinski definition) is 1. The van der Waals surface area contributed by atoms with Crippen molar-refractivity contribution in [3.05, 3.63) is 70.5 Å². The summed E-state index contributed by atoms with van der Waals surface area (Å²) in [6.07, 6.45) is 2.50. The summed E-state index contributed by atoms with van der Waals surface area (Å²) in [7, 11) is 1.95. The highest BCUT2D eigenvalue weighted by Crippen LogP contribution is 2.24. The monoisotopic (exact) mass is 291 g/mol. The van der Waals surface area contributed by atoms with Crippen molar-refractivity contribution < 1.29 is 4.39 Å². The number of benzene rings is 2. The Labute approximate surface area is 124 Å². The first-order valence-corrected chi connectivity index (χ1v) is 7.25. The molecular weight excluding hydrogens is 273 g/mol. The van der Waals surface area contributed by atoms with Crippen LogP contribution in [0.3, 0.4) is 0 Å². The normalized spacial score (nSPS) is 12.3. The van der Waals surface area contributed by atoms with E-state index in [-0.39, 0.29) is 5.82 Å². The first kappa shape index (κ1) is 15.0. The molecule has 0 fully saturated rings. The van der Waals surface area contributed by atoms with Crippen molar-refractivity contribution in [2.24, 2.45) is 0 Å². The molecule has 2 aromatic rings. The maximum Gasteiger partial charge on any atom is 0.127 e. The van der Waals surface area contributed by atoms with E-state index in [2.05, 4.69) is 17.4 Å². The maximum absolute atomic E-state index is 13.7. The van der Waals surface area contributed by atoms with E-state index in [0.29, 0.717) is 23.0 Å². The van der Waals surface area contributed by atoms with Gasteiger partial charge in [-0.1, -0.05) is 48.0 Å². The second-order valence-corrected chi connectivity index (χ2v) is 5.25. The lowest BCUT2D eigenvalue weighted by atomic mass is 9.99. The number of hydrogen-bond donors (Lipinski definition) is 1. The van der Waals surface area contributed by atoms with E-state index >= 15 is 0 Å². The number of halogens is 2. The van der Waals surface area contributed by atoms with Crippen LogP contribution in [0.4, 0.5) is 4.39 Å². The Morgan fingerprint density at radius 3 is 2.50 bits per heavy atom. The third-order valence-electron chi connectivity index (χ3n) is 3.53. The third kappa shape index (κ3) is 3.81. The van der Waals surface area contributed by atoms with E-state index in [1.54, 1.807) is 12.1 Å². The van der Waals surface area contributed by atoms with E-state index in [0.717, 1.165) is 12.8 Å². The highest BCUT2D eigenvalue weighted by molar-refractivity contribution is 6.31. The van der Waals surface area contributed by atoms with E-state index in [1.165, 1.54) is 11.6 Å². The lowest BCUT2D eigenvalue weighted by Crippen LogP contribution is -2.16. The molecule has 0 spiro atoms. The van der Waals surface area contributed by atoms with Gasteiger partial charge in [0.05, 0.1) is 0 Å². The van der Waals surface area contributed by atoms with Gasteiger partial charge in [0.2, 0.25) is 0 Å². The van der Waals surface area contributed by atoms with E-state index in [9.17, 15) is 4.39 Å². The van der Waals surface area contributed by atoms with Crippen LogP contribution >= 0.6 is 11.6 Å². The van der Waals surface area contributed by atoms with Gasteiger partial charge < -0.3 is 5.32 Å². The average molecular weight is 292 g/mol. The molecule has 3 heteroatoms. The largest absolute Gasteiger partial charge is 0.313 e. The number of nitrogens with one attached hydrogen (secondary N) is 1. The lowest BCUT2D eigenvalue weighted by Gasteiger charge is -2.16. The molecule has 1 N–H and O–H groups in total. The van der Waals surface area contributed by atoms with E-state index in [4.69, 9.17) is 11.6 Å². The molecule has 2 aromatic carbocycles. The summed E-state index contributed by atoms with van der Waals surface area (Å²) in [6, 6.07) is 15.4. The summed E-state index contributed by atoms with van der Waals surface area (Å²) in [5.41, 5.74) is 1.88. The van der Waals surface area contributed by atoms with Crippen LogP contribution in [-0.4, -0.2) is 7.05 Å². The predicted octanol–water partition coefficient (Wildman–Crippen LogP) is 4.76. The topological polar surface area (TPSA) is 12.0 Å². The smallest absolute Gasteiger partial charge is 0.127 e.